The molecular weight excluding hydrogens is 393 g/mol. The van der Waals surface area contributed by atoms with Crippen molar-refractivity contribution in [3.8, 4) is 11.8 Å². The molecule has 0 saturated heterocycles. The van der Waals surface area contributed by atoms with Gasteiger partial charge in [0.25, 0.3) is 5.91 Å². The first-order valence-electron chi connectivity index (χ1n) is 10.0. The van der Waals surface area contributed by atoms with Crippen LogP contribution >= 0.6 is 0 Å². The van der Waals surface area contributed by atoms with Gasteiger partial charge in [-0.25, -0.2) is 0 Å². The second-order valence-electron chi connectivity index (χ2n) is 7.15. The van der Waals surface area contributed by atoms with Gasteiger partial charge >= 0.3 is 6.18 Å². The third-order valence-corrected chi connectivity index (χ3v) is 5.08. The Morgan fingerprint density at radius 3 is 2.37 bits per heavy atom. The molecule has 5 nitrogen and oxygen atoms in total. The molecule has 1 aromatic heterocycles. The van der Waals surface area contributed by atoms with Gasteiger partial charge in [0.05, 0.1) is 11.1 Å². The lowest BCUT2D eigenvalue weighted by Gasteiger charge is -2.20. The van der Waals surface area contributed by atoms with E-state index in [1.54, 1.807) is 0 Å². The standard InChI is InChI=1S/C22H27F3N4O/c1-4-28(5-2)13-6-7-16(3)27-21(30)20-17(15-26)12-14-29(20)19-10-8-18(9-11-19)22(23,24)25/h8-12,14,16H,4-7,13H2,1-3H3,(H,27,30)/t16-/m1/s1. The molecule has 1 amide bonds. The highest BCUT2D eigenvalue weighted by Crippen LogP contribution is 2.30. The van der Waals surface area contributed by atoms with E-state index in [1.807, 2.05) is 13.0 Å². The van der Waals surface area contributed by atoms with Gasteiger partial charge in [0, 0.05) is 17.9 Å². The first-order chi connectivity index (χ1) is 14.2. The van der Waals surface area contributed by atoms with Gasteiger partial charge in [-0.3, -0.25) is 4.79 Å². The molecule has 2 aromatic rings. The lowest BCUT2D eigenvalue weighted by atomic mass is 10.1. The number of carbonyl (C=O) groups excluding carboxylic acids is 1. The number of nitrogens with zero attached hydrogens (tertiary/aromatic N) is 3. The van der Waals surface area contributed by atoms with E-state index in [0.717, 1.165) is 44.6 Å². The third kappa shape index (κ3) is 5.86. The van der Waals surface area contributed by atoms with E-state index in [9.17, 15) is 23.2 Å². The van der Waals surface area contributed by atoms with Crippen LogP contribution in [0, 0.1) is 11.3 Å². The van der Waals surface area contributed by atoms with Crippen molar-refractivity contribution < 1.29 is 18.0 Å². The molecule has 1 atom stereocenters. The van der Waals surface area contributed by atoms with E-state index in [4.69, 9.17) is 0 Å². The molecule has 2 rings (SSSR count). The molecule has 0 saturated carbocycles. The van der Waals surface area contributed by atoms with Gasteiger partial charge < -0.3 is 14.8 Å². The Labute approximate surface area is 175 Å². The molecule has 8 heteroatoms. The number of rotatable bonds is 9. The van der Waals surface area contributed by atoms with Crippen molar-refractivity contribution in [2.75, 3.05) is 19.6 Å². The number of amides is 1. The second-order valence-corrected chi connectivity index (χ2v) is 7.15. The minimum atomic E-state index is -4.44. The Morgan fingerprint density at radius 2 is 1.83 bits per heavy atom. The number of halogens is 3. The minimum Gasteiger partial charge on any atom is -0.348 e. The molecule has 1 aromatic carbocycles. The van der Waals surface area contributed by atoms with Crippen molar-refractivity contribution in [1.29, 1.82) is 5.26 Å². The molecule has 0 aliphatic heterocycles. The fraction of sp³-hybridized carbons (Fsp3) is 0.455. The van der Waals surface area contributed by atoms with Crippen molar-refractivity contribution in [2.24, 2.45) is 0 Å². The average Bonchev–Trinajstić information content (AvgIpc) is 3.15. The monoisotopic (exact) mass is 420 g/mol. The maximum Gasteiger partial charge on any atom is 0.416 e. The molecule has 1 heterocycles. The Kier molecular flexibility index (Phi) is 8.07. The van der Waals surface area contributed by atoms with Gasteiger partial charge in [-0.2, -0.15) is 18.4 Å². The Balaban J connectivity index is 2.14. The summed E-state index contributed by atoms with van der Waals surface area (Å²) in [6.45, 7) is 9.00. The number of alkyl halides is 3. The summed E-state index contributed by atoms with van der Waals surface area (Å²) in [6, 6.07) is 7.85. The number of carbonyl (C=O) groups is 1. The molecule has 162 valence electrons. The van der Waals surface area contributed by atoms with Crippen LogP contribution in [0.1, 0.15) is 55.2 Å². The first-order valence-corrected chi connectivity index (χ1v) is 10.0. The molecule has 0 unspecified atom stereocenters. The number of hydrogen-bond donors (Lipinski definition) is 1. The summed E-state index contributed by atoms with van der Waals surface area (Å²) in [7, 11) is 0. The number of nitrogens with one attached hydrogen (secondary N) is 1. The fourth-order valence-corrected chi connectivity index (χ4v) is 3.31. The molecule has 0 aliphatic carbocycles. The summed E-state index contributed by atoms with van der Waals surface area (Å²) in [5.74, 6) is -0.424. The minimum absolute atomic E-state index is 0.101. The zero-order chi connectivity index (χ0) is 22.3. The van der Waals surface area contributed by atoms with E-state index < -0.39 is 17.6 Å². The predicted molar refractivity (Wildman–Crippen MR) is 109 cm³/mol. The van der Waals surface area contributed by atoms with Crippen LogP contribution < -0.4 is 5.32 Å². The van der Waals surface area contributed by atoms with E-state index >= 15 is 0 Å². The summed E-state index contributed by atoms with van der Waals surface area (Å²) in [5, 5.41) is 12.3. The number of hydrogen-bond acceptors (Lipinski definition) is 3. The van der Waals surface area contributed by atoms with Crippen LogP contribution in [0.25, 0.3) is 5.69 Å². The van der Waals surface area contributed by atoms with Crippen LogP contribution in [0.4, 0.5) is 13.2 Å². The average molecular weight is 420 g/mol. The van der Waals surface area contributed by atoms with Crippen molar-refractivity contribution >= 4 is 5.91 Å². The Bertz CT molecular complexity index is 877. The van der Waals surface area contributed by atoms with E-state index in [1.165, 1.54) is 29.0 Å². The summed E-state index contributed by atoms with van der Waals surface area (Å²) in [5.41, 5.74) is -0.105. The molecule has 0 spiro atoms. The van der Waals surface area contributed by atoms with Gasteiger partial charge in [-0.1, -0.05) is 13.8 Å². The smallest absolute Gasteiger partial charge is 0.348 e. The van der Waals surface area contributed by atoms with Gasteiger partial charge in [0.15, 0.2) is 0 Å². The zero-order valence-corrected chi connectivity index (χ0v) is 17.5. The lowest BCUT2D eigenvalue weighted by molar-refractivity contribution is -0.137. The first kappa shape index (κ1) is 23.5. The Morgan fingerprint density at radius 1 is 1.20 bits per heavy atom. The normalized spacial score (nSPS) is 12.6. The number of nitriles is 1. The van der Waals surface area contributed by atoms with Gasteiger partial charge in [-0.15, -0.1) is 0 Å². The largest absolute Gasteiger partial charge is 0.416 e. The van der Waals surface area contributed by atoms with Gasteiger partial charge in [0.2, 0.25) is 0 Å². The number of benzene rings is 1. The van der Waals surface area contributed by atoms with Crippen molar-refractivity contribution in [3.05, 3.63) is 53.3 Å². The van der Waals surface area contributed by atoms with Crippen molar-refractivity contribution in [2.45, 2.75) is 45.8 Å². The maximum atomic E-state index is 12.9. The molecule has 0 fully saturated rings. The van der Waals surface area contributed by atoms with Crippen LogP contribution in [0.2, 0.25) is 0 Å². The maximum absolute atomic E-state index is 12.9. The number of aromatic nitrogens is 1. The van der Waals surface area contributed by atoms with E-state index in [-0.39, 0.29) is 17.3 Å². The van der Waals surface area contributed by atoms with Crippen LogP contribution in [-0.2, 0) is 6.18 Å². The second kappa shape index (κ2) is 10.3. The zero-order valence-electron chi connectivity index (χ0n) is 17.5. The highest BCUT2D eigenvalue weighted by Gasteiger charge is 2.30. The lowest BCUT2D eigenvalue weighted by Crippen LogP contribution is -2.35. The highest BCUT2D eigenvalue weighted by atomic mass is 19.4. The van der Waals surface area contributed by atoms with E-state index in [0.29, 0.717) is 5.69 Å². The van der Waals surface area contributed by atoms with Crippen molar-refractivity contribution in [1.82, 2.24) is 14.8 Å². The van der Waals surface area contributed by atoms with Crippen LogP contribution in [0.5, 0.6) is 0 Å². The predicted octanol–water partition coefficient (Wildman–Crippen LogP) is 4.61. The quantitative estimate of drug-likeness (QED) is 0.645. The summed E-state index contributed by atoms with van der Waals surface area (Å²) >= 11 is 0. The topological polar surface area (TPSA) is 61.1 Å². The van der Waals surface area contributed by atoms with Crippen LogP contribution in [-0.4, -0.2) is 41.1 Å². The van der Waals surface area contributed by atoms with Gasteiger partial charge in [-0.05, 0) is 69.7 Å². The molecule has 30 heavy (non-hydrogen) atoms. The molecule has 1 N–H and O–H groups in total. The van der Waals surface area contributed by atoms with Crippen molar-refractivity contribution in [3.63, 3.8) is 0 Å². The molecule has 0 aliphatic rings. The molecular formula is C22H27F3N4O. The van der Waals surface area contributed by atoms with Crippen LogP contribution in [0.3, 0.4) is 0 Å². The van der Waals surface area contributed by atoms with E-state index in [2.05, 4.69) is 24.1 Å². The Hall–Kier alpha value is -2.79. The third-order valence-electron chi connectivity index (χ3n) is 5.08. The highest BCUT2D eigenvalue weighted by molar-refractivity contribution is 5.96. The SMILES string of the molecule is CCN(CC)CCC[C@@H](C)NC(=O)c1c(C#N)ccn1-c1ccc(C(F)(F)F)cc1. The van der Waals surface area contributed by atoms with Crippen LogP contribution in [0.15, 0.2) is 36.5 Å². The summed E-state index contributed by atoms with van der Waals surface area (Å²) in [4.78, 5) is 15.2. The fourth-order valence-electron chi connectivity index (χ4n) is 3.31. The molecule has 0 radical (unpaired) electrons. The molecule has 0 bridgehead atoms. The summed E-state index contributed by atoms with van der Waals surface area (Å²) in [6.07, 6.45) is -1.21. The van der Waals surface area contributed by atoms with Gasteiger partial charge in [0.1, 0.15) is 11.8 Å². The summed E-state index contributed by atoms with van der Waals surface area (Å²) < 4.78 is 39.9.